The summed E-state index contributed by atoms with van der Waals surface area (Å²) in [6.07, 6.45) is 3.69. The number of hydrogen-bond donors (Lipinski definition) is 0. The second-order valence-corrected chi connectivity index (χ2v) is 11.7. The van der Waals surface area contributed by atoms with Crippen molar-refractivity contribution in [3.63, 3.8) is 0 Å². The summed E-state index contributed by atoms with van der Waals surface area (Å²) >= 11 is 1.70. The van der Waals surface area contributed by atoms with Crippen molar-refractivity contribution in [1.82, 2.24) is 14.2 Å². The van der Waals surface area contributed by atoms with Gasteiger partial charge in [0.25, 0.3) is 5.91 Å². The van der Waals surface area contributed by atoms with Gasteiger partial charge in [0.2, 0.25) is 10.0 Å². The Morgan fingerprint density at radius 3 is 2.62 bits per heavy atom. The molecule has 0 aliphatic carbocycles. The maximum absolute atomic E-state index is 13.5. The van der Waals surface area contributed by atoms with Crippen LogP contribution in [0.5, 0.6) is 0 Å². The summed E-state index contributed by atoms with van der Waals surface area (Å²) in [5.74, 6) is 0.119. The van der Waals surface area contributed by atoms with Crippen molar-refractivity contribution >= 4 is 37.5 Å². The topological polar surface area (TPSA) is 70.6 Å². The molecule has 0 radical (unpaired) electrons. The number of aromatic nitrogens is 1. The summed E-state index contributed by atoms with van der Waals surface area (Å²) in [4.78, 5) is 20.4. The number of rotatable bonds is 4. The van der Waals surface area contributed by atoms with Gasteiger partial charge in [0.1, 0.15) is 0 Å². The van der Waals surface area contributed by atoms with Crippen LogP contribution in [0.1, 0.15) is 52.5 Å². The van der Waals surface area contributed by atoms with E-state index in [-0.39, 0.29) is 16.7 Å². The van der Waals surface area contributed by atoms with Crippen molar-refractivity contribution in [2.24, 2.45) is 0 Å². The maximum Gasteiger partial charge on any atom is 0.254 e. The molecule has 0 spiro atoms. The first kappa shape index (κ1) is 21.6. The van der Waals surface area contributed by atoms with Crippen LogP contribution in [0.3, 0.4) is 0 Å². The summed E-state index contributed by atoms with van der Waals surface area (Å²) in [6.45, 7) is 4.27. The van der Waals surface area contributed by atoms with Gasteiger partial charge >= 0.3 is 0 Å². The highest BCUT2D eigenvalue weighted by atomic mass is 32.2. The Bertz CT molecular complexity index is 1230. The Balaban J connectivity index is 1.39. The van der Waals surface area contributed by atoms with Gasteiger partial charge in [0, 0.05) is 37.7 Å². The summed E-state index contributed by atoms with van der Waals surface area (Å²) in [5.41, 5.74) is 2.29. The fourth-order valence-corrected chi connectivity index (χ4v) is 7.30. The summed E-state index contributed by atoms with van der Waals surface area (Å²) < 4.78 is 28.7. The molecular formula is C24H27N3O3S2. The first-order valence-corrected chi connectivity index (χ1v) is 13.4. The Hall–Kier alpha value is -2.29. The number of hydrogen-bond acceptors (Lipinski definition) is 5. The molecule has 1 atom stereocenters. The molecule has 3 aromatic rings. The number of likely N-dealkylation sites (tertiary alicyclic amines) is 1. The van der Waals surface area contributed by atoms with Crippen molar-refractivity contribution in [3.8, 4) is 0 Å². The molecule has 1 unspecified atom stereocenters. The van der Waals surface area contributed by atoms with Gasteiger partial charge in [-0.15, -0.1) is 11.3 Å². The number of amides is 1. The third kappa shape index (κ3) is 3.95. The number of fused-ring (bicyclic) bond motifs is 1. The molecule has 0 bridgehead atoms. The number of aryl methyl sites for hydroxylation is 1. The van der Waals surface area contributed by atoms with Crippen molar-refractivity contribution in [3.05, 3.63) is 58.6 Å². The van der Waals surface area contributed by atoms with Crippen LogP contribution in [-0.4, -0.2) is 54.7 Å². The van der Waals surface area contributed by atoms with Crippen molar-refractivity contribution in [2.75, 3.05) is 26.2 Å². The molecule has 2 fully saturated rings. The highest BCUT2D eigenvalue weighted by molar-refractivity contribution is 7.89. The van der Waals surface area contributed by atoms with Crippen molar-refractivity contribution < 1.29 is 13.2 Å². The molecule has 1 amide bonds. The van der Waals surface area contributed by atoms with Gasteiger partial charge in [-0.2, -0.15) is 4.31 Å². The van der Waals surface area contributed by atoms with E-state index < -0.39 is 10.0 Å². The molecular weight excluding hydrogens is 442 g/mol. The van der Waals surface area contributed by atoms with Gasteiger partial charge in [-0.05, 0) is 62.4 Å². The van der Waals surface area contributed by atoms with Crippen LogP contribution in [0.4, 0.5) is 0 Å². The summed E-state index contributed by atoms with van der Waals surface area (Å²) in [6, 6.07) is 13.1. The van der Waals surface area contributed by atoms with E-state index in [0.717, 1.165) is 41.8 Å². The van der Waals surface area contributed by atoms with E-state index >= 15 is 0 Å². The molecule has 1 aromatic heterocycles. The van der Waals surface area contributed by atoms with Crippen LogP contribution in [0, 0.1) is 6.92 Å². The lowest BCUT2D eigenvalue weighted by Crippen LogP contribution is -2.39. The Labute approximate surface area is 192 Å². The van der Waals surface area contributed by atoms with Gasteiger partial charge in [-0.25, -0.2) is 13.4 Å². The zero-order valence-electron chi connectivity index (χ0n) is 18.2. The summed E-state index contributed by atoms with van der Waals surface area (Å²) in [5, 5.41) is 1.07. The monoisotopic (exact) mass is 469 g/mol. The largest absolute Gasteiger partial charge is 0.338 e. The van der Waals surface area contributed by atoms with Crippen LogP contribution >= 0.6 is 11.3 Å². The molecule has 2 aliphatic rings. The lowest BCUT2D eigenvalue weighted by molar-refractivity contribution is 0.0706. The van der Waals surface area contributed by atoms with Crippen LogP contribution < -0.4 is 0 Å². The number of carbonyl (C=O) groups excluding carboxylic acids is 1. The molecule has 8 heteroatoms. The highest BCUT2D eigenvalue weighted by Gasteiger charge is 2.31. The smallest absolute Gasteiger partial charge is 0.254 e. The fraction of sp³-hybridized carbons (Fsp3) is 0.417. The molecule has 0 N–H and O–H groups in total. The van der Waals surface area contributed by atoms with E-state index in [1.807, 2.05) is 30.0 Å². The van der Waals surface area contributed by atoms with Gasteiger partial charge < -0.3 is 4.90 Å². The van der Waals surface area contributed by atoms with Gasteiger partial charge in [-0.3, -0.25) is 4.79 Å². The number of piperidine rings is 1. The molecule has 0 saturated carbocycles. The number of nitrogens with zero attached hydrogens (tertiary/aromatic N) is 3. The molecule has 168 valence electrons. The predicted molar refractivity (Wildman–Crippen MR) is 127 cm³/mol. The van der Waals surface area contributed by atoms with E-state index in [2.05, 4.69) is 6.07 Å². The highest BCUT2D eigenvalue weighted by Crippen LogP contribution is 2.34. The number of thiazole rings is 1. The first-order chi connectivity index (χ1) is 15.4. The van der Waals surface area contributed by atoms with Crippen LogP contribution in [-0.2, 0) is 10.0 Å². The first-order valence-electron chi connectivity index (χ1n) is 11.2. The molecule has 5 rings (SSSR count). The minimum Gasteiger partial charge on any atom is -0.338 e. The third-order valence-electron chi connectivity index (χ3n) is 6.51. The van der Waals surface area contributed by atoms with E-state index in [0.29, 0.717) is 31.7 Å². The normalized spacial score (nSPS) is 20.2. The number of benzene rings is 2. The molecule has 32 heavy (non-hydrogen) atoms. The van der Waals surface area contributed by atoms with Gasteiger partial charge in [0.05, 0.1) is 20.1 Å². The van der Waals surface area contributed by atoms with E-state index in [4.69, 9.17) is 4.98 Å². The number of sulfonamides is 1. The lowest BCUT2D eigenvalue weighted by atomic mass is 9.97. The Morgan fingerprint density at radius 2 is 1.84 bits per heavy atom. The zero-order valence-corrected chi connectivity index (χ0v) is 19.8. The van der Waals surface area contributed by atoms with E-state index in [9.17, 15) is 13.2 Å². The Kier molecular flexibility index (Phi) is 5.77. The molecule has 3 heterocycles. The second-order valence-electron chi connectivity index (χ2n) is 8.70. The van der Waals surface area contributed by atoms with Crippen LogP contribution in [0.25, 0.3) is 10.2 Å². The van der Waals surface area contributed by atoms with E-state index in [1.165, 1.54) is 9.01 Å². The molecule has 2 saturated heterocycles. The third-order valence-corrected chi connectivity index (χ3v) is 9.60. The average Bonchev–Trinajstić information content (AvgIpc) is 3.49. The maximum atomic E-state index is 13.5. The van der Waals surface area contributed by atoms with Gasteiger partial charge in [-0.1, -0.05) is 18.2 Å². The van der Waals surface area contributed by atoms with Gasteiger partial charge in [0.15, 0.2) is 0 Å². The van der Waals surface area contributed by atoms with E-state index in [1.54, 1.807) is 29.5 Å². The SMILES string of the molecule is Cc1ccc(S(=O)(=O)N2CCCC2)cc1C(=O)N1CCCC(c2nc3ccccc3s2)C1. The fourth-order valence-electron chi connectivity index (χ4n) is 4.67. The minimum absolute atomic E-state index is 0.0909. The average molecular weight is 470 g/mol. The van der Waals surface area contributed by atoms with Crippen molar-refractivity contribution in [1.29, 1.82) is 0 Å². The van der Waals surface area contributed by atoms with Crippen LogP contribution in [0.15, 0.2) is 47.4 Å². The second kappa shape index (κ2) is 8.57. The predicted octanol–water partition coefficient (Wildman–Crippen LogP) is 4.41. The van der Waals surface area contributed by atoms with Crippen LogP contribution in [0.2, 0.25) is 0 Å². The quantitative estimate of drug-likeness (QED) is 0.568. The van der Waals surface area contributed by atoms with Crippen molar-refractivity contribution in [2.45, 2.75) is 43.4 Å². The Morgan fingerprint density at radius 1 is 1.06 bits per heavy atom. The molecule has 2 aromatic carbocycles. The molecule has 2 aliphatic heterocycles. The molecule has 6 nitrogen and oxygen atoms in total. The lowest BCUT2D eigenvalue weighted by Gasteiger charge is -2.32. The number of para-hydroxylation sites is 1. The standard InChI is InChI=1S/C24H27N3O3S2/c1-17-10-11-19(32(29,30)27-13-4-5-14-27)15-20(17)24(28)26-12-6-7-18(16-26)23-25-21-8-2-3-9-22(21)31-23/h2-3,8-11,15,18H,4-7,12-14,16H2,1H3. The zero-order chi connectivity index (χ0) is 22.3. The minimum atomic E-state index is -3.56. The summed E-state index contributed by atoms with van der Waals surface area (Å²) in [7, 11) is -3.56. The number of carbonyl (C=O) groups is 1.